The Bertz CT molecular complexity index is 499. The summed E-state index contributed by atoms with van der Waals surface area (Å²) < 4.78 is 13.2. The zero-order valence-electron chi connectivity index (χ0n) is 9.02. The highest BCUT2D eigenvalue weighted by molar-refractivity contribution is 7.09. The van der Waals surface area contributed by atoms with E-state index < -0.39 is 5.82 Å². The van der Waals surface area contributed by atoms with E-state index in [4.69, 9.17) is 0 Å². The first kappa shape index (κ1) is 11.7. The van der Waals surface area contributed by atoms with Crippen molar-refractivity contribution < 1.29 is 9.18 Å². The number of carbonyl (C=O) groups excluding carboxylic acids is 1. The van der Waals surface area contributed by atoms with Gasteiger partial charge in [0.25, 0.3) is 0 Å². The molecule has 0 atom stereocenters. The summed E-state index contributed by atoms with van der Waals surface area (Å²) in [5.74, 6) is -0.625. The largest absolute Gasteiger partial charge is 0.324 e. The molecule has 1 aromatic heterocycles. The van der Waals surface area contributed by atoms with Gasteiger partial charge in [-0.1, -0.05) is 12.1 Å². The number of rotatable bonds is 4. The van der Waals surface area contributed by atoms with Gasteiger partial charge in [0.1, 0.15) is 5.82 Å². The Morgan fingerprint density at radius 3 is 2.94 bits per heavy atom. The topological polar surface area (TPSA) is 42.0 Å². The summed E-state index contributed by atoms with van der Waals surface area (Å²) in [6.07, 6.45) is 2.59. The van der Waals surface area contributed by atoms with Gasteiger partial charge < -0.3 is 5.32 Å². The van der Waals surface area contributed by atoms with Gasteiger partial charge in [0.15, 0.2) is 0 Å². The van der Waals surface area contributed by atoms with E-state index in [1.54, 1.807) is 18.3 Å². The van der Waals surface area contributed by atoms with Gasteiger partial charge in [-0.3, -0.25) is 4.79 Å². The lowest BCUT2D eigenvalue weighted by Gasteiger charge is -2.04. The molecule has 0 radical (unpaired) electrons. The predicted molar refractivity (Wildman–Crippen MR) is 65.5 cm³/mol. The number of hydrogen-bond acceptors (Lipinski definition) is 3. The van der Waals surface area contributed by atoms with Gasteiger partial charge in [0.2, 0.25) is 5.91 Å². The van der Waals surface area contributed by atoms with Crippen molar-refractivity contribution in [2.45, 2.75) is 12.8 Å². The summed E-state index contributed by atoms with van der Waals surface area (Å²) in [6, 6.07) is 6.12. The fourth-order valence-corrected chi connectivity index (χ4v) is 1.99. The summed E-state index contributed by atoms with van der Waals surface area (Å²) in [5.41, 5.74) is 0.219. The Kier molecular flexibility index (Phi) is 3.82. The number of para-hydroxylation sites is 1. The number of hydrogen-bond donors (Lipinski definition) is 1. The Balaban J connectivity index is 1.87. The molecule has 1 N–H and O–H groups in total. The molecule has 2 rings (SSSR count). The number of benzene rings is 1. The second-order valence-corrected chi connectivity index (χ2v) is 4.43. The lowest BCUT2D eigenvalue weighted by Crippen LogP contribution is -2.13. The lowest BCUT2D eigenvalue weighted by molar-refractivity contribution is -0.116. The number of amides is 1. The molecule has 0 saturated heterocycles. The third-order valence-corrected chi connectivity index (χ3v) is 3.04. The van der Waals surface area contributed by atoms with Gasteiger partial charge in [-0.25, -0.2) is 9.37 Å². The van der Waals surface area contributed by atoms with Crippen molar-refractivity contribution in [3.8, 4) is 0 Å². The maximum absolute atomic E-state index is 13.2. The van der Waals surface area contributed by atoms with Gasteiger partial charge in [-0.15, -0.1) is 11.3 Å². The minimum Gasteiger partial charge on any atom is -0.324 e. The fraction of sp³-hybridized carbons (Fsp3) is 0.167. The molecule has 17 heavy (non-hydrogen) atoms. The van der Waals surface area contributed by atoms with E-state index in [1.165, 1.54) is 23.5 Å². The van der Waals surface area contributed by atoms with Crippen molar-refractivity contribution in [3.63, 3.8) is 0 Å². The van der Waals surface area contributed by atoms with Crippen molar-refractivity contribution in [1.82, 2.24) is 4.98 Å². The third kappa shape index (κ3) is 3.35. The molecule has 5 heteroatoms. The van der Waals surface area contributed by atoms with Crippen LogP contribution in [-0.2, 0) is 11.2 Å². The van der Waals surface area contributed by atoms with Crippen molar-refractivity contribution in [2.24, 2.45) is 0 Å². The number of thiazole rings is 1. The minimum atomic E-state index is -0.421. The van der Waals surface area contributed by atoms with Crippen LogP contribution in [0.4, 0.5) is 10.1 Å². The van der Waals surface area contributed by atoms with E-state index in [0.717, 1.165) is 5.01 Å². The normalized spacial score (nSPS) is 10.2. The summed E-state index contributed by atoms with van der Waals surface area (Å²) in [5, 5.41) is 5.31. The molecule has 3 nitrogen and oxygen atoms in total. The predicted octanol–water partition coefficient (Wildman–Crippen LogP) is 2.85. The smallest absolute Gasteiger partial charge is 0.224 e. The maximum atomic E-state index is 13.2. The fourth-order valence-electron chi connectivity index (χ4n) is 1.37. The molecule has 1 amide bonds. The van der Waals surface area contributed by atoms with Crippen LogP contribution in [0.2, 0.25) is 0 Å². The summed E-state index contributed by atoms with van der Waals surface area (Å²) >= 11 is 1.51. The number of aromatic nitrogens is 1. The van der Waals surface area contributed by atoms with Gasteiger partial charge in [-0.2, -0.15) is 0 Å². The van der Waals surface area contributed by atoms with E-state index >= 15 is 0 Å². The Morgan fingerprint density at radius 1 is 1.41 bits per heavy atom. The van der Waals surface area contributed by atoms with E-state index in [-0.39, 0.29) is 11.6 Å². The molecule has 0 aliphatic rings. The molecule has 88 valence electrons. The Morgan fingerprint density at radius 2 is 2.24 bits per heavy atom. The number of nitrogens with one attached hydrogen (secondary N) is 1. The lowest BCUT2D eigenvalue weighted by atomic mass is 10.2. The monoisotopic (exact) mass is 250 g/mol. The average molecular weight is 250 g/mol. The van der Waals surface area contributed by atoms with Gasteiger partial charge in [0.05, 0.1) is 10.7 Å². The molecular weight excluding hydrogens is 239 g/mol. The van der Waals surface area contributed by atoms with Crippen molar-refractivity contribution in [1.29, 1.82) is 0 Å². The molecule has 2 aromatic rings. The molecule has 0 spiro atoms. The zero-order chi connectivity index (χ0) is 12.1. The highest BCUT2D eigenvalue weighted by Gasteiger charge is 2.07. The number of nitrogens with zero attached hydrogens (tertiary/aromatic N) is 1. The highest BCUT2D eigenvalue weighted by atomic mass is 32.1. The summed E-state index contributed by atoms with van der Waals surface area (Å²) in [4.78, 5) is 15.6. The highest BCUT2D eigenvalue weighted by Crippen LogP contribution is 2.13. The van der Waals surface area contributed by atoms with Gasteiger partial charge in [0, 0.05) is 24.4 Å². The van der Waals surface area contributed by atoms with Crippen LogP contribution in [0, 0.1) is 5.82 Å². The quantitative estimate of drug-likeness (QED) is 0.906. The van der Waals surface area contributed by atoms with Gasteiger partial charge in [-0.05, 0) is 12.1 Å². The summed E-state index contributed by atoms with van der Waals surface area (Å²) in [6.45, 7) is 0. The van der Waals surface area contributed by atoms with Crippen LogP contribution < -0.4 is 5.32 Å². The third-order valence-electron chi connectivity index (χ3n) is 2.20. The van der Waals surface area contributed by atoms with Crippen LogP contribution in [0.15, 0.2) is 35.8 Å². The van der Waals surface area contributed by atoms with E-state index in [9.17, 15) is 9.18 Å². The van der Waals surface area contributed by atoms with Crippen molar-refractivity contribution >= 4 is 22.9 Å². The standard InChI is InChI=1S/C12H11FN2OS/c13-9-3-1-2-4-10(9)15-11(16)5-6-12-14-7-8-17-12/h1-4,7-8H,5-6H2,(H,15,16). The number of anilines is 1. The molecule has 0 aliphatic heterocycles. The zero-order valence-corrected chi connectivity index (χ0v) is 9.84. The molecule has 0 saturated carbocycles. The molecule has 0 aliphatic carbocycles. The van der Waals surface area contributed by atoms with Crippen molar-refractivity contribution in [2.75, 3.05) is 5.32 Å². The van der Waals surface area contributed by atoms with Crippen molar-refractivity contribution in [3.05, 3.63) is 46.7 Å². The number of halogens is 1. The van der Waals surface area contributed by atoms with Crippen LogP contribution in [0.25, 0.3) is 0 Å². The number of carbonyl (C=O) groups is 1. The first-order chi connectivity index (χ1) is 8.25. The first-order valence-corrected chi connectivity index (χ1v) is 6.06. The average Bonchev–Trinajstić information content (AvgIpc) is 2.82. The summed E-state index contributed by atoms with van der Waals surface area (Å²) in [7, 11) is 0. The SMILES string of the molecule is O=C(CCc1nccs1)Nc1ccccc1F. The van der Waals surface area contributed by atoms with E-state index in [2.05, 4.69) is 10.3 Å². The molecule has 0 bridgehead atoms. The number of aryl methyl sites for hydroxylation is 1. The molecular formula is C12H11FN2OS. The van der Waals surface area contributed by atoms with Crippen LogP contribution >= 0.6 is 11.3 Å². The van der Waals surface area contributed by atoms with Crippen LogP contribution in [-0.4, -0.2) is 10.9 Å². The van der Waals surface area contributed by atoms with Crippen LogP contribution in [0.3, 0.4) is 0 Å². The van der Waals surface area contributed by atoms with Crippen LogP contribution in [0.1, 0.15) is 11.4 Å². The minimum absolute atomic E-state index is 0.203. The van der Waals surface area contributed by atoms with E-state index in [1.807, 2.05) is 5.38 Å². The Labute approximate surface area is 102 Å². The second-order valence-electron chi connectivity index (χ2n) is 3.45. The molecule has 1 aromatic carbocycles. The molecule has 1 heterocycles. The molecule has 0 fully saturated rings. The van der Waals surface area contributed by atoms with E-state index in [0.29, 0.717) is 12.8 Å². The molecule has 0 unspecified atom stereocenters. The Hall–Kier alpha value is -1.75. The van der Waals surface area contributed by atoms with Crippen LogP contribution in [0.5, 0.6) is 0 Å². The second kappa shape index (κ2) is 5.54. The maximum Gasteiger partial charge on any atom is 0.224 e. The first-order valence-electron chi connectivity index (χ1n) is 5.18. The van der Waals surface area contributed by atoms with Gasteiger partial charge >= 0.3 is 0 Å².